The third-order valence-electron chi connectivity index (χ3n) is 3.61. The van der Waals surface area contributed by atoms with Gasteiger partial charge in [-0.15, -0.1) is 0 Å². The summed E-state index contributed by atoms with van der Waals surface area (Å²) in [5, 5.41) is 2.44. The number of nitrogens with one attached hydrogen (secondary N) is 1. The Labute approximate surface area is 126 Å². The molecule has 1 saturated heterocycles. The first-order valence-electron chi connectivity index (χ1n) is 6.70. The van der Waals surface area contributed by atoms with E-state index in [1.54, 1.807) is 4.90 Å². The van der Waals surface area contributed by atoms with E-state index in [-0.39, 0.29) is 16.7 Å². The van der Waals surface area contributed by atoms with Gasteiger partial charge in [-0.1, -0.05) is 18.5 Å². The quantitative estimate of drug-likeness (QED) is 0.804. The van der Waals surface area contributed by atoms with Gasteiger partial charge in [0.2, 0.25) is 0 Å². The first-order valence-corrected chi connectivity index (χ1v) is 7.08. The molecule has 2 amide bonds. The second-order valence-corrected chi connectivity index (χ2v) is 5.70. The van der Waals surface area contributed by atoms with Gasteiger partial charge in [0, 0.05) is 13.1 Å². The fraction of sp³-hybridized carbons (Fsp3) is 0.500. The summed E-state index contributed by atoms with van der Waals surface area (Å²) in [5.74, 6) is 0.587. The van der Waals surface area contributed by atoms with Gasteiger partial charge in [0.15, 0.2) is 0 Å². The van der Waals surface area contributed by atoms with Crippen LogP contribution in [0.5, 0.6) is 0 Å². The van der Waals surface area contributed by atoms with Crippen LogP contribution in [0, 0.1) is 5.92 Å². The molecular formula is C14H16ClF3N2O. The first kappa shape index (κ1) is 15.9. The van der Waals surface area contributed by atoms with Gasteiger partial charge in [0.1, 0.15) is 0 Å². The topological polar surface area (TPSA) is 32.3 Å². The summed E-state index contributed by atoms with van der Waals surface area (Å²) < 4.78 is 37.6. The Bertz CT molecular complexity index is 525. The number of piperidine rings is 1. The Balaban J connectivity index is 2.04. The van der Waals surface area contributed by atoms with Crippen molar-refractivity contribution in [3.63, 3.8) is 0 Å². The van der Waals surface area contributed by atoms with E-state index in [4.69, 9.17) is 11.6 Å². The first-order chi connectivity index (χ1) is 9.77. The molecule has 1 aliphatic heterocycles. The number of alkyl halides is 3. The highest BCUT2D eigenvalue weighted by Gasteiger charge is 2.31. The van der Waals surface area contributed by atoms with E-state index in [0.29, 0.717) is 19.0 Å². The van der Waals surface area contributed by atoms with E-state index in [2.05, 4.69) is 12.2 Å². The smallest absolute Gasteiger partial charge is 0.325 e. The van der Waals surface area contributed by atoms with Crippen LogP contribution in [0.25, 0.3) is 0 Å². The van der Waals surface area contributed by atoms with Gasteiger partial charge in [-0.2, -0.15) is 13.2 Å². The zero-order chi connectivity index (χ0) is 15.6. The number of carbonyl (C=O) groups is 1. The molecule has 0 atom stereocenters. The molecule has 1 fully saturated rings. The zero-order valence-electron chi connectivity index (χ0n) is 11.5. The van der Waals surface area contributed by atoms with Crippen LogP contribution in [0.3, 0.4) is 0 Å². The summed E-state index contributed by atoms with van der Waals surface area (Å²) in [7, 11) is 0. The van der Waals surface area contributed by atoms with Crippen LogP contribution in [0.2, 0.25) is 5.02 Å². The summed E-state index contributed by atoms with van der Waals surface area (Å²) >= 11 is 5.81. The average molecular weight is 321 g/mol. The molecule has 7 heteroatoms. The molecule has 1 N–H and O–H groups in total. The van der Waals surface area contributed by atoms with Crippen molar-refractivity contribution in [3.8, 4) is 0 Å². The van der Waals surface area contributed by atoms with Crippen molar-refractivity contribution in [2.75, 3.05) is 18.4 Å². The van der Waals surface area contributed by atoms with Crippen molar-refractivity contribution in [2.45, 2.75) is 25.9 Å². The lowest BCUT2D eigenvalue weighted by molar-refractivity contribution is -0.137. The molecule has 1 aromatic carbocycles. The predicted molar refractivity (Wildman–Crippen MR) is 75.4 cm³/mol. The second kappa shape index (κ2) is 6.13. The molecule has 116 valence electrons. The number of nitrogens with zero attached hydrogens (tertiary/aromatic N) is 1. The van der Waals surface area contributed by atoms with Gasteiger partial charge in [-0.05, 0) is 37.0 Å². The van der Waals surface area contributed by atoms with Crippen molar-refractivity contribution in [1.82, 2.24) is 4.90 Å². The number of anilines is 1. The van der Waals surface area contributed by atoms with E-state index in [9.17, 15) is 18.0 Å². The highest BCUT2D eigenvalue weighted by atomic mass is 35.5. The Morgan fingerprint density at radius 1 is 1.33 bits per heavy atom. The molecule has 1 heterocycles. The van der Waals surface area contributed by atoms with Crippen molar-refractivity contribution in [3.05, 3.63) is 28.8 Å². The summed E-state index contributed by atoms with van der Waals surface area (Å²) in [5.41, 5.74) is -0.648. The Hall–Kier alpha value is -1.43. The molecule has 0 radical (unpaired) electrons. The second-order valence-electron chi connectivity index (χ2n) is 5.29. The van der Waals surface area contributed by atoms with Crippen LogP contribution in [0.4, 0.5) is 23.7 Å². The largest absolute Gasteiger partial charge is 0.416 e. The van der Waals surface area contributed by atoms with E-state index in [0.717, 1.165) is 25.0 Å². The van der Waals surface area contributed by atoms with Crippen LogP contribution in [0.1, 0.15) is 25.3 Å². The number of hydrogen-bond donors (Lipinski definition) is 1. The summed E-state index contributed by atoms with van der Waals surface area (Å²) in [6, 6.07) is 2.56. The number of likely N-dealkylation sites (tertiary alicyclic amines) is 1. The molecule has 2 rings (SSSR count). The van der Waals surface area contributed by atoms with Crippen molar-refractivity contribution >= 4 is 23.3 Å². The summed E-state index contributed by atoms with van der Waals surface area (Å²) in [6.45, 7) is 3.42. The standard InChI is InChI=1S/C14H16ClF3N2O/c1-9-4-6-20(7-5-9)13(21)19-12-3-2-10(8-11(12)15)14(16,17)18/h2-3,8-9H,4-7H2,1H3,(H,19,21). The van der Waals surface area contributed by atoms with E-state index < -0.39 is 11.7 Å². The van der Waals surface area contributed by atoms with Crippen LogP contribution >= 0.6 is 11.6 Å². The fourth-order valence-electron chi connectivity index (χ4n) is 2.20. The highest BCUT2D eigenvalue weighted by Crippen LogP contribution is 2.33. The maximum atomic E-state index is 12.5. The van der Waals surface area contributed by atoms with Crippen molar-refractivity contribution in [2.24, 2.45) is 5.92 Å². The number of carbonyl (C=O) groups excluding carboxylic acids is 1. The molecule has 0 spiro atoms. The Morgan fingerprint density at radius 2 is 1.95 bits per heavy atom. The van der Waals surface area contributed by atoms with Gasteiger partial charge in [0.05, 0.1) is 16.3 Å². The molecule has 0 saturated carbocycles. The molecule has 21 heavy (non-hydrogen) atoms. The fourth-order valence-corrected chi connectivity index (χ4v) is 2.43. The van der Waals surface area contributed by atoms with Crippen LogP contribution < -0.4 is 5.32 Å². The minimum Gasteiger partial charge on any atom is -0.325 e. The SMILES string of the molecule is CC1CCN(C(=O)Nc2ccc(C(F)(F)F)cc2Cl)CC1. The Morgan fingerprint density at radius 3 is 2.48 bits per heavy atom. The number of rotatable bonds is 1. The van der Waals surface area contributed by atoms with Gasteiger partial charge in [-0.25, -0.2) is 4.79 Å². The van der Waals surface area contributed by atoms with Crippen LogP contribution in [-0.4, -0.2) is 24.0 Å². The Kier molecular flexibility index (Phi) is 4.66. The lowest BCUT2D eigenvalue weighted by Gasteiger charge is -2.30. The highest BCUT2D eigenvalue weighted by molar-refractivity contribution is 6.33. The van der Waals surface area contributed by atoms with Gasteiger partial charge in [0.25, 0.3) is 0 Å². The third-order valence-corrected chi connectivity index (χ3v) is 3.92. The zero-order valence-corrected chi connectivity index (χ0v) is 12.3. The number of halogens is 4. The number of urea groups is 1. The average Bonchev–Trinajstić information content (AvgIpc) is 2.40. The molecule has 0 aliphatic carbocycles. The monoisotopic (exact) mass is 320 g/mol. The molecule has 1 aliphatic rings. The molecule has 0 aromatic heterocycles. The van der Waals surface area contributed by atoms with Crippen molar-refractivity contribution in [1.29, 1.82) is 0 Å². The predicted octanol–water partition coefficient (Wildman–Crippen LogP) is 4.62. The van der Waals surface area contributed by atoms with Gasteiger partial charge in [-0.3, -0.25) is 0 Å². The van der Waals surface area contributed by atoms with Gasteiger partial charge >= 0.3 is 12.2 Å². The van der Waals surface area contributed by atoms with Crippen LogP contribution in [0.15, 0.2) is 18.2 Å². The molecular weight excluding hydrogens is 305 g/mol. The van der Waals surface area contributed by atoms with Crippen molar-refractivity contribution < 1.29 is 18.0 Å². The third kappa shape index (κ3) is 4.03. The minimum atomic E-state index is -4.45. The number of amides is 2. The van der Waals surface area contributed by atoms with E-state index in [1.807, 2.05) is 0 Å². The van der Waals surface area contributed by atoms with E-state index >= 15 is 0 Å². The molecule has 0 bridgehead atoms. The summed E-state index contributed by atoms with van der Waals surface area (Å²) in [6.07, 6.45) is -2.60. The minimum absolute atomic E-state index is 0.122. The van der Waals surface area contributed by atoms with E-state index in [1.165, 1.54) is 6.07 Å². The molecule has 3 nitrogen and oxygen atoms in total. The summed E-state index contributed by atoms with van der Waals surface area (Å²) in [4.78, 5) is 13.7. The van der Waals surface area contributed by atoms with Crippen LogP contribution in [-0.2, 0) is 6.18 Å². The normalized spacial score (nSPS) is 16.9. The molecule has 0 unspecified atom stereocenters. The number of hydrogen-bond acceptors (Lipinski definition) is 1. The maximum absolute atomic E-state index is 12.5. The lowest BCUT2D eigenvalue weighted by Crippen LogP contribution is -2.40. The molecule has 1 aromatic rings. The van der Waals surface area contributed by atoms with Gasteiger partial charge < -0.3 is 10.2 Å². The lowest BCUT2D eigenvalue weighted by atomic mass is 10.00. The maximum Gasteiger partial charge on any atom is 0.416 e. The number of benzene rings is 1.